The van der Waals surface area contributed by atoms with Crippen molar-refractivity contribution in [2.24, 2.45) is 5.73 Å². The van der Waals surface area contributed by atoms with Crippen LogP contribution in [0, 0.1) is 11.6 Å². The smallest absolute Gasteiger partial charge is 0.161 e. The third-order valence-electron chi connectivity index (χ3n) is 1.97. The Hall–Kier alpha value is -1.49. The summed E-state index contributed by atoms with van der Waals surface area (Å²) in [6, 6.07) is 1.84. The van der Waals surface area contributed by atoms with Crippen LogP contribution in [0.1, 0.15) is 18.8 Å². The topological polar surface area (TPSA) is 54.7 Å². The second-order valence-electron chi connectivity index (χ2n) is 3.19. The van der Waals surface area contributed by atoms with E-state index in [1.807, 2.05) is 0 Å². The highest BCUT2D eigenvalue weighted by molar-refractivity contribution is 5.75. The standard InChI is InChI=1S/C9H9F2N3/c1-4(12)9-13-7-2-5(10)6(11)3-8(7)14-9/h2-4H,12H2,1H3,(H,13,14)/t4-/m0/s1. The van der Waals surface area contributed by atoms with E-state index in [4.69, 9.17) is 5.73 Å². The second-order valence-corrected chi connectivity index (χ2v) is 3.19. The fraction of sp³-hybridized carbons (Fsp3) is 0.222. The molecule has 0 aliphatic carbocycles. The van der Waals surface area contributed by atoms with Gasteiger partial charge < -0.3 is 10.7 Å². The van der Waals surface area contributed by atoms with Gasteiger partial charge in [-0.3, -0.25) is 0 Å². The Labute approximate surface area is 78.9 Å². The van der Waals surface area contributed by atoms with Gasteiger partial charge in [0, 0.05) is 12.1 Å². The van der Waals surface area contributed by atoms with Crippen molar-refractivity contribution in [3.8, 4) is 0 Å². The van der Waals surface area contributed by atoms with Gasteiger partial charge in [-0.2, -0.15) is 0 Å². The number of halogens is 2. The van der Waals surface area contributed by atoms with Crippen molar-refractivity contribution in [2.75, 3.05) is 0 Å². The molecule has 2 rings (SSSR count). The molecule has 3 N–H and O–H groups in total. The molecule has 0 saturated carbocycles. The van der Waals surface area contributed by atoms with Crippen molar-refractivity contribution in [2.45, 2.75) is 13.0 Å². The average Bonchev–Trinajstić information content (AvgIpc) is 2.48. The number of hydrogen-bond donors (Lipinski definition) is 2. The van der Waals surface area contributed by atoms with Gasteiger partial charge in [-0.1, -0.05) is 0 Å². The molecule has 0 aliphatic heterocycles. The SMILES string of the molecule is C[C@H](N)c1nc2cc(F)c(F)cc2[nH]1. The minimum atomic E-state index is -0.903. The molecule has 1 atom stereocenters. The van der Waals surface area contributed by atoms with Crippen LogP contribution in [0.15, 0.2) is 12.1 Å². The molecule has 0 radical (unpaired) electrons. The van der Waals surface area contributed by atoms with Crippen molar-refractivity contribution in [1.29, 1.82) is 0 Å². The van der Waals surface area contributed by atoms with E-state index in [2.05, 4.69) is 9.97 Å². The largest absolute Gasteiger partial charge is 0.341 e. The molecule has 0 saturated heterocycles. The molecule has 3 nitrogen and oxygen atoms in total. The zero-order valence-corrected chi connectivity index (χ0v) is 7.51. The minimum Gasteiger partial charge on any atom is -0.341 e. The number of nitrogens with one attached hydrogen (secondary N) is 1. The quantitative estimate of drug-likeness (QED) is 0.733. The molecule has 1 heterocycles. The van der Waals surface area contributed by atoms with Gasteiger partial charge in [0.1, 0.15) is 5.82 Å². The van der Waals surface area contributed by atoms with Crippen LogP contribution in [0.4, 0.5) is 8.78 Å². The van der Waals surface area contributed by atoms with E-state index < -0.39 is 11.6 Å². The number of aromatic nitrogens is 2. The van der Waals surface area contributed by atoms with Crippen LogP contribution in [-0.4, -0.2) is 9.97 Å². The van der Waals surface area contributed by atoms with Gasteiger partial charge in [0.15, 0.2) is 11.6 Å². The molecule has 0 aliphatic rings. The van der Waals surface area contributed by atoms with E-state index in [-0.39, 0.29) is 6.04 Å². The summed E-state index contributed by atoms with van der Waals surface area (Å²) in [6.45, 7) is 1.74. The van der Waals surface area contributed by atoms with Gasteiger partial charge in [-0.05, 0) is 6.92 Å². The number of imidazole rings is 1. The van der Waals surface area contributed by atoms with Crippen LogP contribution in [-0.2, 0) is 0 Å². The first kappa shape index (κ1) is 9.08. The third kappa shape index (κ3) is 1.35. The summed E-state index contributed by atoms with van der Waals surface area (Å²) in [7, 11) is 0. The number of rotatable bonds is 1. The average molecular weight is 197 g/mol. The number of hydrogen-bond acceptors (Lipinski definition) is 2. The Balaban J connectivity index is 2.66. The first-order chi connectivity index (χ1) is 6.58. The summed E-state index contributed by atoms with van der Waals surface area (Å²) in [5.41, 5.74) is 6.41. The predicted octanol–water partition coefficient (Wildman–Crippen LogP) is 1.86. The molecule has 0 spiro atoms. The molecule has 0 bridgehead atoms. The lowest BCUT2D eigenvalue weighted by atomic mass is 10.3. The fourth-order valence-electron chi connectivity index (χ4n) is 1.24. The van der Waals surface area contributed by atoms with Gasteiger partial charge in [-0.15, -0.1) is 0 Å². The molecule has 1 aromatic carbocycles. The molecule has 1 aromatic heterocycles. The summed E-state index contributed by atoms with van der Waals surface area (Å²) in [5.74, 6) is -1.28. The highest BCUT2D eigenvalue weighted by Gasteiger charge is 2.10. The normalized spacial score (nSPS) is 13.4. The lowest BCUT2D eigenvalue weighted by molar-refractivity contribution is 0.510. The Bertz CT molecular complexity index is 437. The maximum atomic E-state index is 12.8. The van der Waals surface area contributed by atoms with Crippen molar-refractivity contribution >= 4 is 11.0 Å². The molecule has 2 aromatic rings. The van der Waals surface area contributed by atoms with Gasteiger partial charge in [-0.25, -0.2) is 13.8 Å². The third-order valence-corrected chi connectivity index (χ3v) is 1.97. The monoisotopic (exact) mass is 197 g/mol. The number of benzene rings is 1. The molecular weight excluding hydrogens is 188 g/mol. The van der Waals surface area contributed by atoms with Crippen molar-refractivity contribution in [3.05, 3.63) is 29.6 Å². The van der Waals surface area contributed by atoms with E-state index in [1.165, 1.54) is 0 Å². The van der Waals surface area contributed by atoms with Crippen LogP contribution in [0.5, 0.6) is 0 Å². The van der Waals surface area contributed by atoms with Gasteiger partial charge in [0.25, 0.3) is 0 Å². The van der Waals surface area contributed by atoms with Gasteiger partial charge >= 0.3 is 0 Å². The Morgan fingerprint density at radius 1 is 1.36 bits per heavy atom. The molecule has 14 heavy (non-hydrogen) atoms. The van der Waals surface area contributed by atoms with E-state index >= 15 is 0 Å². The highest BCUT2D eigenvalue weighted by atomic mass is 19.2. The maximum absolute atomic E-state index is 12.8. The van der Waals surface area contributed by atoms with Gasteiger partial charge in [0.2, 0.25) is 0 Å². The van der Waals surface area contributed by atoms with Crippen LogP contribution in [0.3, 0.4) is 0 Å². The number of nitrogens with zero attached hydrogens (tertiary/aromatic N) is 1. The Morgan fingerprint density at radius 3 is 2.64 bits per heavy atom. The number of nitrogens with two attached hydrogens (primary N) is 1. The van der Waals surface area contributed by atoms with E-state index in [0.29, 0.717) is 16.9 Å². The first-order valence-corrected chi connectivity index (χ1v) is 4.18. The summed E-state index contributed by atoms with van der Waals surface area (Å²) < 4.78 is 25.6. The molecular formula is C9H9F2N3. The lowest BCUT2D eigenvalue weighted by Crippen LogP contribution is -2.06. The second kappa shape index (κ2) is 3.02. The number of fused-ring (bicyclic) bond motifs is 1. The van der Waals surface area contributed by atoms with Crippen molar-refractivity contribution in [1.82, 2.24) is 9.97 Å². The molecule has 0 unspecified atom stereocenters. The predicted molar refractivity (Wildman–Crippen MR) is 48.6 cm³/mol. The van der Waals surface area contributed by atoms with Crippen LogP contribution < -0.4 is 5.73 Å². The van der Waals surface area contributed by atoms with Crippen LogP contribution in [0.25, 0.3) is 11.0 Å². The summed E-state index contributed by atoms with van der Waals surface area (Å²) in [6.07, 6.45) is 0. The maximum Gasteiger partial charge on any atom is 0.161 e. The Kier molecular flexibility index (Phi) is 1.96. The van der Waals surface area contributed by atoms with E-state index in [9.17, 15) is 8.78 Å². The molecule has 74 valence electrons. The number of H-pyrrole nitrogens is 1. The van der Waals surface area contributed by atoms with Crippen LogP contribution >= 0.6 is 0 Å². The summed E-state index contributed by atoms with van der Waals surface area (Å²) >= 11 is 0. The molecule has 0 fully saturated rings. The molecule has 0 amide bonds. The van der Waals surface area contributed by atoms with E-state index in [0.717, 1.165) is 12.1 Å². The number of aromatic amines is 1. The van der Waals surface area contributed by atoms with Crippen molar-refractivity contribution < 1.29 is 8.78 Å². The zero-order valence-electron chi connectivity index (χ0n) is 7.51. The fourth-order valence-corrected chi connectivity index (χ4v) is 1.24. The van der Waals surface area contributed by atoms with Crippen LogP contribution in [0.2, 0.25) is 0 Å². The summed E-state index contributed by atoms with van der Waals surface area (Å²) in [4.78, 5) is 6.85. The zero-order chi connectivity index (χ0) is 10.3. The van der Waals surface area contributed by atoms with Gasteiger partial charge in [0.05, 0.1) is 17.1 Å². The summed E-state index contributed by atoms with van der Waals surface area (Å²) in [5, 5.41) is 0. The lowest BCUT2D eigenvalue weighted by Gasteiger charge is -1.96. The molecule has 5 heteroatoms. The van der Waals surface area contributed by atoms with E-state index in [1.54, 1.807) is 6.92 Å². The van der Waals surface area contributed by atoms with Crippen molar-refractivity contribution in [3.63, 3.8) is 0 Å². The first-order valence-electron chi connectivity index (χ1n) is 4.18. The highest BCUT2D eigenvalue weighted by Crippen LogP contribution is 2.18. The minimum absolute atomic E-state index is 0.284. The Morgan fingerprint density at radius 2 is 2.00 bits per heavy atom.